The van der Waals surface area contributed by atoms with Gasteiger partial charge in [0.1, 0.15) is 6.54 Å². The highest BCUT2D eigenvalue weighted by molar-refractivity contribution is 6.24. The Morgan fingerprint density at radius 1 is 1.88 bits per heavy atom. The van der Waals surface area contributed by atoms with Crippen LogP contribution < -0.4 is 10.2 Å². The standard InChI is InChI=1S/C3H4ClN3O/c4-7-3-5-1-2(8)6-3/h1H2,(H2,5,6,7,8). The van der Waals surface area contributed by atoms with Crippen molar-refractivity contribution in [3.63, 3.8) is 0 Å². The molecule has 1 rings (SSSR count). The SMILES string of the molecule is O=C1CN=C(NCl)N1. The smallest absolute Gasteiger partial charge is 0.248 e. The quantitative estimate of drug-likeness (QED) is 0.426. The van der Waals surface area contributed by atoms with Crippen molar-refractivity contribution in [3.8, 4) is 0 Å². The fourth-order valence-electron chi connectivity index (χ4n) is 0.415. The maximum absolute atomic E-state index is 10.3. The minimum Gasteiger partial charge on any atom is -0.294 e. The van der Waals surface area contributed by atoms with Crippen LogP contribution in [0.25, 0.3) is 0 Å². The lowest BCUT2D eigenvalue weighted by Gasteiger charge is -1.91. The summed E-state index contributed by atoms with van der Waals surface area (Å²) in [5, 5.41) is 2.37. The molecular weight excluding hydrogens is 130 g/mol. The molecule has 0 saturated carbocycles. The van der Waals surface area contributed by atoms with E-state index in [1.807, 2.05) is 0 Å². The molecule has 0 unspecified atom stereocenters. The molecule has 1 amide bonds. The minimum absolute atomic E-state index is 0.131. The van der Waals surface area contributed by atoms with Crippen molar-refractivity contribution in [2.45, 2.75) is 0 Å². The van der Waals surface area contributed by atoms with E-state index < -0.39 is 0 Å². The molecule has 0 aromatic heterocycles. The van der Waals surface area contributed by atoms with Crippen LogP contribution >= 0.6 is 11.8 Å². The van der Waals surface area contributed by atoms with E-state index in [-0.39, 0.29) is 12.5 Å². The van der Waals surface area contributed by atoms with E-state index in [1.54, 1.807) is 0 Å². The number of amides is 1. The second-order valence-corrected chi connectivity index (χ2v) is 1.50. The molecule has 0 aliphatic carbocycles. The van der Waals surface area contributed by atoms with Crippen LogP contribution in [0.1, 0.15) is 0 Å². The lowest BCUT2D eigenvalue weighted by atomic mass is 10.7. The first-order valence-corrected chi connectivity index (χ1v) is 2.41. The van der Waals surface area contributed by atoms with Crippen molar-refractivity contribution in [2.75, 3.05) is 6.54 Å². The molecule has 0 atom stereocenters. The number of hydrogen-bond donors (Lipinski definition) is 2. The number of carbonyl (C=O) groups excluding carboxylic acids is 1. The monoisotopic (exact) mass is 133 g/mol. The summed E-state index contributed by atoms with van der Waals surface area (Å²) in [6.07, 6.45) is 0. The van der Waals surface area contributed by atoms with Gasteiger partial charge < -0.3 is 0 Å². The molecule has 0 fully saturated rings. The molecular formula is C3H4ClN3O. The van der Waals surface area contributed by atoms with Crippen molar-refractivity contribution in [1.82, 2.24) is 10.2 Å². The summed E-state index contributed by atoms with van der Waals surface area (Å²) < 4.78 is 0. The molecule has 2 N–H and O–H groups in total. The Balaban J connectivity index is 2.49. The van der Waals surface area contributed by atoms with Gasteiger partial charge in [0.15, 0.2) is 0 Å². The van der Waals surface area contributed by atoms with Gasteiger partial charge in [0, 0.05) is 11.8 Å². The number of halogens is 1. The van der Waals surface area contributed by atoms with Crippen LogP contribution in [0.3, 0.4) is 0 Å². The first-order valence-electron chi connectivity index (χ1n) is 2.04. The molecule has 0 bridgehead atoms. The Morgan fingerprint density at radius 3 is 2.88 bits per heavy atom. The topological polar surface area (TPSA) is 53.5 Å². The summed E-state index contributed by atoms with van der Waals surface area (Å²) >= 11 is 5.08. The Kier molecular flexibility index (Phi) is 1.34. The summed E-state index contributed by atoms with van der Waals surface area (Å²) in [7, 11) is 0. The third kappa shape index (κ3) is 0.894. The van der Waals surface area contributed by atoms with E-state index >= 15 is 0 Å². The van der Waals surface area contributed by atoms with Gasteiger partial charge in [-0.15, -0.1) is 0 Å². The van der Waals surface area contributed by atoms with Gasteiger partial charge in [0.25, 0.3) is 0 Å². The number of aliphatic imine (C=N–C) groups is 1. The number of carbonyl (C=O) groups is 1. The summed E-state index contributed by atoms with van der Waals surface area (Å²) in [6, 6.07) is 0. The van der Waals surface area contributed by atoms with Gasteiger partial charge in [-0.3, -0.25) is 14.9 Å². The van der Waals surface area contributed by atoms with Gasteiger partial charge in [-0.1, -0.05) is 0 Å². The van der Waals surface area contributed by atoms with Crippen LogP contribution in [0.2, 0.25) is 0 Å². The normalized spacial score (nSPS) is 17.6. The zero-order valence-corrected chi connectivity index (χ0v) is 4.70. The summed E-state index contributed by atoms with van der Waals surface area (Å²) in [4.78, 5) is 16.1. The number of nitrogens with zero attached hydrogens (tertiary/aromatic N) is 1. The molecule has 0 saturated heterocycles. The van der Waals surface area contributed by atoms with Crippen molar-refractivity contribution >= 4 is 23.6 Å². The second kappa shape index (κ2) is 2.00. The zero-order valence-electron chi connectivity index (χ0n) is 3.94. The van der Waals surface area contributed by atoms with Gasteiger partial charge in [-0.25, -0.2) is 4.99 Å². The molecule has 1 aliphatic rings. The molecule has 0 spiro atoms. The largest absolute Gasteiger partial charge is 0.294 e. The van der Waals surface area contributed by atoms with Gasteiger partial charge in [0.05, 0.1) is 0 Å². The number of guanidine groups is 1. The second-order valence-electron chi connectivity index (χ2n) is 1.31. The van der Waals surface area contributed by atoms with Gasteiger partial charge >= 0.3 is 0 Å². The number of hydrogen-bond acceptors (Lipinski definition) is 3. The maximum atomic E-state index is 10.3. The van der Waals surface area contributed by atoms with Crippen LogP contribution in [0.5, 0.6) is 0 Å². The van der Waals surface area contributed by atoms with Crippen LogP contribution in [0.15, 0.2) is 4.99 Å². The zero-order chi connectivity index (χ0) is 5.98. The van der Waals surface area contributed by atoms with Crippen molar-refractivity contribution in [1.29, 1.82) is 0 Å². The van der Waals surface area contributed by atoms with E-state index in [2.05, 4.69) is 15.1 Å². The highest BCUT2D eigenvalue weighted by Gasteiger charge is 2.10. The molecule has 5 heteroatoms. The van der Waals surface area contributed by atoms with E-state index in [9.17, 15) is 4.79 Å². The van der Waals surface area contributed by atoms with Crippen molar-refractivity contribution in [3.05, 3.63) is 0 Å². The first-order chi connectivity index (χ1) is 3.83. The average Bonchev–Trinajstić information content (AvgIpc) is 2.14. The third-order valence-electron chi connectivity index (χ3n) is 0.728. The van der Waals surface area contributed by atoms with E-state index in [1.165, 1.54) is 0 Å². The Morgan fingerprint density at radius 2 is 2.62 bits per heavy atom. The van der Waals surface area contributed by atoms with E-state index in [4.69, 9.17) is 11.8 Å². The molecule has 0 aromatic rings. The Labute approximate surface area is 51.0 Å². The molecule has 4 nitrogen and oxygen atoms in total. The van der Waals surface area contributed by atoms with Gasteiger partial charge in [0.2, 0.25) is 11.9 Å². The number of rotatable bonds is 0. The van der Waals surface area contributed by atoms with Crippen LogP contribution in [-0.2, 0) is 4.79 Å². The predicted octanol–water partition coefficient (Wildman–Crippen LogP) is -0.784. The highest BCUT2D eigenvalue weighted by atomic mass is 35.5. The number of nitrogens with one attached hydrogen (secondary N) is 2. The fraction of sp³-hybridized carbons (Fsp3) is 0.333. The first kappa shape index (κ1) is 5.37. The fourth-order valence-corrected chi connectivity index (χ4v) is 0.522. The lowest BCUT2D eigenvalue weighted by molar-refractivity contribution is -0.117. The molecule has 0 aromatic carbocycles. The third-order valence-corrected chi connectivity index (χ3v) is 0.907. The van der Waals surface area contributed by atoms with Crippen molar-refractivity contribution in [2.24, 2.45) is 4.99 Å². The van der Waals surface area contributed by atoms with Crippen LogP contribution in [0, 0.1) is 0 Å². The maximum Gasteiger partial charge on any atom is 0.248 e. The van der Waals surface area contributed by atoms with E-state index in [0.717, 1.165) is 0 Å². The molecule has 1 aliphatic heterocycles. The summed E-state index contributed by atoms with van der Waals surface area (Å²) in [5.41, 5.74) is 0. The minimum atomic E-state index is -0.131. The molecule has 1 heterocycles. The van der Waals surface area contributed by atoms with Crippen LogP contribution in [0.4, 0.5) is 0 Å². The molecule has 0 radical (unpaired) electrons. The molecule has 44 valence electrons. The van der Waals surface area contributed by atoms with Crippen LogP contribution in [-0.4, -0.2) is 18.4 Å². The van der Waals surface area contributed by atoms with E-state index in [0.29, 0.717) is 5.96 Å². The van der Waals surface area contributed by atoms with Crippen molar-refractivity contribution < 1.29 is 4.79 Å². The average molecular weight is 134 g/mol. The summed E-state index contributed by atoms with van der Waals surface area (Å²) in [6.45, 7) is 0.176. The van der Waals surface area contributed by atoms with Gasteiger partial charge in [-0.05, 0) is 0 Å². The lowest BCUT2D eigenvalue weighted by Crippen LogP contribution is -2.31. The predicted molar refractivity (Wildman–Crippen MR) is 29.4 cm³/mol. The Bertz CT molecular complexity index is 143. The highest BCUT2D eigenvalue weighted by Crippen LogP contribution is 1.83. The molecule has 8 heavy (non-hydrogen) atoms. The summed E-state index contributed by atoms with van der Waals surface area (Å²) in [5.74, 6) is 0.199. The van der Waals surface area contributed by atoms with Gasteiger partial charge in [-0.2, -0.15) is 0 Å². The Hall–Kier alpha value is -0.770.